The molecule has 0 saturated carbocycles. The first-order valence-electron chi connectivity index (χ1n) is 9.34. The summed E-state index contributed by atoms with van der Waals surface area (Å²) in [5.41, 5.74) is 2.82. The predicted molar refractivity (Wildman–Crippen MR) is 112 cm³/mol. The minimum absolute atomic E-state index is 0.0474. The van der Waals surface area contributed by atoms with Gasteiger partial charge in [-0.3, -0.25) is 14.8 Å². The van der Waals surface area contributed by atoms with Crippen molar-refractivity contribution in [2.75, 3.05) is 11.4 Å². The van der Waals surface area contributed by atoms with E-state index in [1.807, 2.05) is 30.3 Å². The molecule has 0 bridgehead atoms. The van der Waals surface area contributed by atoms with Gasteiger partial charge in [0, 0.05) is 12.6 Å². The van der Waals surface area contributed by atoms with E-state index in [0.717, 1.165) is 23.2 Å². The molecule has 1 heterocycles. The monoisotopic (exact) mass is 377 g/mol. The number of halogens is 1. The summed E-state index contributed by atoms with van der Waals surface area (Å²) in [4.78, 5) is 14.6. The summed E-state index contributed by atoms with van der Waals surface area (Å²) >= 11 is 0. The molecule has 0 unspecified atom stereocenters. The van der Waals surface area contributed by atoms with Gasteiger partial charge in [0.05, 0.1) is 11.3 Å². The van der Waals surface area contributed by atoms with E-state index in [9.17, 15) is 9.18 Å². The molecule has 0 aliphatic carbocycles. The number of carbonyl (C=O) groups excluding carboxylic acids is 1. The number of aromatic amines is 1. The molecule has 0 aliphatic heterocycles. The van der Waals surface area contributed by atoms with Crippen molar-refractivity contribution in [1.82, 2.24) is 10.2 Å². The molecule has 3 aromatic rings. The number of nitrogens with one attached hydrogen (secondary N) is 1. The van der Waals surface area contributed by atoms with Crippen molar-refractivity contribution in [1.29, 1.82) is 0 Å². The quantitative estimate of drug-likeness (QED) is 0.587. The Bertz CT molecular complexity index is 960. The lowest BCUT2D eigenvalue weighted by Gasteiger charge is -2.21. The van der Waals surface area contributed by atoms with Crippen LogP contribution in [0.4, 0.5) is 10.2 Å². The van der Waals surface area contributed by atoms with E-state index in [1.165, 1.54) is 17.0 Å². The zero-order chi connectivity index (χ0) is 20.1. The number of benzene rings is 2. The van der Waals surface area contributed by atoms with Crippen LogP contribution in [-0.4, -0.2) is 22.6 Å². The summed E-state index contributed by atoms with van der Waals surface area (Å²) in [5, 5.41) is 7.31. The number of carbonyl (C=O) groups is 1. The third-order valence-corrected chi connectivity index (χ3v) is 4.58. The minimum Gasteiger partial charge on any atom is -0.291 e. The molecule has 0 radical (unpaired) electrons. The molecule has 3 rings (SSSR count). The van der Waals surface area contributed by atoms with Crippen LogP contribution in [0.2, 0.25) is 0 Å². The second kappa shape index (κ2) is 8.65. The SMILES string of the molecule is C=Cc1ccc(-c2cc(N(CCC(C)C)C(=O)c3ccccc3F)n[nH]2)cc1. The molecule has 4 nitrogen and oxygen atoms in total. The Balaban J connectivity index is 1.92. The number of nitrogens with zero attached hydrogens (tertiary/aromatic N) is 2. The maximum atomic E-state index is 14.2. The van der Waals surface area contributed by atoms with Crippen LogP contribution < -0.4 is 4.90 Å². The Morgan fingerprint density at radius 3 is 2.57 bits per heavy atom. The van der Waals surface area contributed by atoms with Crippen LogP contribution in [0.3, 0.4) is 0 Å². The van der Waals surface area contributed by atoms with Gasteiger partial charge in [0.15, 0.2) is 5.82 Å². The Morgan fingerprint density at radius 2 is 1.93 bits per heavy atom. The van der Waals surface area contributed by atoms with Gasteiger partial charge < -0.3 is 0 Å². The summed E-state index contributed by atoms with van der Waals surface area (Å²) < 4.78 is 14.2. The van der Waals surface area contributed by atoms with Crippen molar-refractivity contribution in [3.05, 3.63) is 78.1 Å². The van der Waals surface area contributed by atoms with Crippen LogP contribution in [0, 0.1) is 11.7 Å². The van der Waals surface area contributed by atoms with Gasteiger partial charge in [-0.1, -0.05) is 62.9 Å². The molecule has 144 valence electrons. The van der Waals surface area contributed by atoms with Gasteiger partial charge in [0.25, 0.3) is 5.91 Å². The van der Waals surface area contributed by atoms with E-state index in [-0.39, 0.29) is 11.5 Å². The van der Waals surface area contributed by atoms with Crippen LogP contribution in [0.15, 0.2) is 61.2 Å². The molecule has 0 atom stereocenters. The van der Waals surface area contributed by atoms with E-state index in [0.29, 0.717) is 18.3 Å². The largest absolute Gasteiger partial charge is 0.291 e. The van der Waals surface area contributed by atoms with Crippen LogP contribution in [0.5, 0.6) is 0 Å². The molecule has 2 aromatic carbocycles. The Morgan fingerprint density at radius 1 is 1.21 bits per heavy atom. The van der Waals surface area contributed by atoms with Crippen molar-refractivity contribution in [2.24, 2.45) is 5.92 Å². The zero-order valence-corrected chi connectivity index (χ0v) is 16.2. The highest BCUT2D eigenvalue weighted by Crippen LogP contribution is 2.25. The maximum absolute atomic E-state index is 14.2. The fraction of sp³-hybridized carbons (Fsp3) is 0.217. The molecule has 0 fully saturated rings. The van der Waals surface area contributed by atoms with E-state index >= 15 is 0 Å². The lowest BCUT2D eigenvalue weighted by atomic mass is 10.1. The molecule has 0 spiro atoms. The van der Waals surface area contributed by atoms with Crippen molar-refractivity contribution >= 4 is 17.8 Å². The third-order valence-electron chi connectivity index (χ3n) is 4.58. The Labute approximate surface area is 164 Å². The maximum Gasteiger partial charge on any atom is 0.262 e. The van der Waals surface area contributed by atoms with Gasteiger partial charge in [-0.25, -0.2) is 4.39 Å². The second-order valence-corrected chi connectivity index (χ2v) is 7.09. The highest BCUT2D eigenvalue weighted by Gasteiger charge is 2.23. The first-order valence-corrected chi connectivity index (χ1v) is 9.34. The van der Waals surface area contributed by atoms with Gasteiger partial charge in [-0.2, -0.15) is 5.10 Å². The smallest absolute Gasteiger partial charge is 0.262 e. The van der Waals surface area contributed by atoms with Gasteiger partial charge in [-0.05, 0) is 35.6 Å². The summed E-state index contributed by atoms with van der Waals surface area (Å²) in [6, 6.07) is 15.7. The molecule has 1 amide bonds. The molecule has 28 heavy (non-hydrogen) atoms. The molecular formula is C23H24FN3O. The summed E-state index contributed by atoms with van der Waals surface area (Å²) in [6.07, 6.45) is 2.57. The van der Waals surface area contributed by atoms with Crippen molar-refractivity contribution < 1.29 is 9.18 Å². The van der Waals surface area contributed by atoms with Gasteiger partial charge in [0.2, 0.25) is 0 Å². The first-order chi connectivity index (χ1) is 13.5. The topological polar surface area (TPSA) is 49.0 Å². The van der Waals surface area contributed by atoms with E-state index in [2.05, 4.69) is 30.6 Å². The number of aromatic nitrogens is 2. The molecule has 5 heteroatoms. The number of rotatable bonds is 7. The summed E-state index contributed by atoms with van der Waals surface area (Å²) in [7, 11) is 0. The van der Waals surface area contributed by atoms with Crippen LogP contribution in [0.25, 0.3) is 17.3 Å². The molecule has 0 aliphatic rings. The van der Waals surface area contributed by atoms with E-state index in [4.69, 9.17) is 0 Å². The molecule has 1 aromatic heterocycles. The van der Waals surface area contributed by atoms with Gasteiger partial charge >= 0.3 is 0 Å². The molecular weight excluding hydrogens is 353 g/mol. The number of hydrogen-bond donors (Lipinski definition) is 1. The van der Waals surface area contributed by atoms with Crippen LogP contribution >= 0.6 is 0 Å². The molecule has 0 saturated heterocycles. The van der Waals surface area contributed by atoms with Crippen LogP contribution in [0.1, 0.15) is 36.2 Å². The van der Waals surface area contributed by atoms with Crippen LogP contribution in [-0.2, 0) is 0 Å². The standard InChI is InChI=1S/C23H24FN3O/c1-4-17-9-11-18(12-10-17)21-15-22(26-25-21)27(14-13-16(2)3)23(28)19-7-5-6-8-20(19)24/h4-12,15-16H,1,13-14H2,2-3H3,(H,25,26). The summed E-state index contributed by atoms with van der Waals surface area (Å²) in [6.45, 7) is 8.39. The predicted octanol–water partition coefficient (Wildman–Crippen LogP) is 5.55. The summed E-state index contributed by atoms with van der Waals surface area (Å²) in [5.74, 6) is -0.0332. The average Bonchev–Trinajstić information content (AvgIpc) is 3.18. The van der Waals surface area contributed by atoms with Crippen molar-refractivity contribution in [2.45, 2.75) is 20.3 Å². The third kappa shape index (κ3) is 4.36. The highest BCUT2D eigenvalue weighted by atomic mass is 19.1. The van der Waals surface area contributed by atoms with Crippen molar-refractivity contribution in [3.8, 4) is 11.3 Å². The number of hydrogen-bond acceptors (Lipinski definition) is 2. The molecule has 1 N–H and O–H groups in total. The lowest BCUT2D eigenvalue weighted by molar-refractivity contribution is 0.0981. The normalized spacial score (nSPS) is 10.9. The highest BCUT2D eigenvalue weighted by molar-refractivity contribution is 6.06. The second-order valence-electron chi connectivity index (χ2n) is 7.09. The van der Waals surface area contributed by atoms with E-state index < -0.39 is 5.82 Å². The minimum atomic E-state index is -0.530. The lowest BCUT2D eigenvalue weighted by Crippen LogP contribution is -2.33. The van der Waals surface area contributed by atoms with Gasteiger partial charge in [-0.15, -0.1) is 0 Å². The number of amides is 1. The van der Waals surface area contributed by atoms with Gasteiger partial charge in [0.1, 0.15) is 5.82 Å². The zero-order valence-electron chi connectivity index (χ0n) is 16.2. The first kappa shape index (κ1) is 19.5. The van der Waals surface area contributed by atoms with Crippen molar-refractivity contribution in [3.63, 3.8) is 0 Å². The Kier molecular flexibility index (Phi) is 6.04. The number of anilines is 1. The average molecular weight is 377 g/mol. The number of H-pyrrole nitrogens is 1. The van der Waals surface area contributed by atoms with E-state index in [1.54, 1.807) is 18.2 Å². The Hall–Kier alpha value is -3.21. The fourth-order valence-corrected chi connectivity index (χ4v) is 2.88. The fourth-order valence-electron chi connectivity index (χ4n) is 2.88.